The van der Waals surface area contributed by atoms with Crippen molar-refractivity contribution in [3.05, 3.63) is 16.0 Å². The highest BCUT2D eigenvalue weighted by molar-refractivity contribution is 7.80. The van der Waals surface area contributed by atoms with Crippen molar-refractivity contribution in [3.8, 4) is 0 Å². The number of ether oxygens (including phenoxy) is 1. The largest absolute Gasteiger partial charge is 0.465 e. The average molecular weight is 492 g/mol. The van der Waals surface area contributed by atoms with Crippen molar-refractivity contribution in [3.63, 3.8) is 0 Å². The van der Waals surface area contributed by atoms with Crippen LogP contribution in [-0.4, -0.2) is 49.1 Å². The molecule has 5 rings (SSSR count). The lowest BCUT2D eigenvalue weighted by atomic mass is 9.47. The molecule has 1 amide bonds. The predicted molar refractivity (Wildman–Crippen MR) is 137 cm³/mol. The van der Waals surface area contributed by atoms with E-state index in [4.69, 9.17) is 17.0 Å². The number of thiocarbonyl (C=S) groups is 1. The Morgan fingerprint density at radius 1 is 1.18 bits per heavy atom. The molecule has 1 atom stereocenters. The smallest absolute Gasteiger partial charge is 0.341 e. The van der Waals surface area contributed by atoms with Gasteiger partial charge in [-0.05, 0) is 92.8 Å². The summed E-state index contributed by atoms with van der Waals surface area (Å²) < 4.78 is 5.02. The molecule has 33 heavy (non-hydrogen) atoms. The SMILES string of the molecule is CCCC(NC(=S)Nc1sc(C(=O)N(C)C)c(C)c1C(=O)OC)C12CC3CC(CC(C3)C1)C2. The third-order valence-electron chi connectivity index (χ3n) is 8.07. The van der Waals surface area contributed by atoms with E-state index in [1.807, 2.05) is 0 Å². The molecule has 1 aromatic heterocycles. The van der Waals surface area contributed by atoms with Crippen molar-refractivity contribution < 1.29 is 14.3 Å². The molecular formula is C25H37N3O3S2. The summed E-state index contributed by atoms with van der Waals surface area (Å²) >= 11 is 7.03. The average Bonchev–Trinajstić information content (AvgIpc) is 3.06. The lowest BCUT2D eigenvalue weighted by Crippen LogP contribution is -2.57. The minimum atomic E-state index is -0.460. The number of hydrogen-bond acceptors (Lipinski definition) is 5. The topological polar surface area (TPSA) is 70.7 Å². The van der Waals surface area contributed by atoms with Gasteiger partial charge in [0.1, 0.15) is 5.00 Å². The van der Waals surface area contributed by atoms with E-state index in [0.717, 1.165) is 30.6 Å². The highest BCUT2D eigenvalue weighted by Gasteiger charge is 2.54. The van der Waals surface area contributed by atoms with Gasteiger partial charge >= 0.3 is 5.97 Å². The quantitative estimate of drug-likeness (QED) is 0.403. The Kier molecular flexibility index (Phi) is 7.06. The third kappa shape index (κ3) is 4.65. The van der Waals surface area contributed by atoms with Gasteiger partial charge in [0.2, 0.25) is 0 Å². The molecule has 0 aliphatic heterocycles. The molecule has 2 N–H and O–H groups in total. The van der Waals surface area contributed by atoms with E-state index in [1.54, 1.807) is 21.0 Å². The van der Waals surface area contributed by atoms with Crippen LogP contribution in [0.2, 0.25) is 0 Å². The highest BCUT2D eigenvalue weighted by atomic mass is 32.1. The van der Waals surface area contributed by atoms with E-state index in [0.29, 0.717) is 37.6 Å². The van der Waals surface area contributed by atoms with Gasteiger partial charge in [-0.15, -0.1) is 11.3 Å². The summed E-state index contributed by atoms with van der Waals surface area (Å²) in [4.78, 5) is 27.3. The van der Waals surface area contributed by atoms with Crippen LogP contribution in [0.3, 0.4) is 0 Å². The van der Waals surface area contributed by atoms with Gasteiger partial charge in [-0.25, -0.2) is 4.79 Å². The van der Waals surface area contributed by atoms with Crippen molar-refractivity contribution in [1.29, 1.82) is 0 Å². The van der Waals surface area contributed by atoms with E-state index in [1.165, 1.54) is 61.9 Å². The van der Waals surface area contributed by atoms with E-state index in [2.05, 4.69) is 17.6 Å². The van der Waals surface area contributed by atoms with Crippen LogP contribution in [0.15, 0.2) is 0 Å². The van der Waals surface area contributed by atoms with Gasteiger partial charge in [-0.2, -0.15) is 0 Å². The van der Waals surface area contributed by atoms with Gasteiger partial charge in [-0.1, -0.05) is 13.3 Å². The molecule has 8 heteroatoms. The molecule has 4 bridgehead atoms. The zero-order valence-corrected chi connectivity index (χ0v) is 22.1. The number of anilines is 1. The van der Waals surface area contributed by atoms with Gasteiger partial charge < -0.3 is 20.3 Å². The second-order valence-electron chi connectivity index (χ2n) is 10.7. The van der Waals surface area contributed by atoms with Gasteiger partial charge in [0.25, 0.3) is 5.91 Å². The molecule has 1 heterocycles. The number of nitrogens with zero attached hydrogens (tertiary/aromatic N) is 1. The first kappa shape index (κ1) is 24.5. The summed E-state index contributed by atoms with van der Waals surface area (Å²) in [5, 5.41) is 8.04. The standard InChI is InChI=1S/C25H37N3O3S2/c1-6-7-18(25-11-15-8-16(12-25)10-17(9-15)13-25)26-24(32)27-21-19(23(30)31-5)14(2)20(33-21)22(29)28(3)4/h15-18H,6-13H2,1-5H3,(H2,26,27,32). The van der Waals surface area contributed by atoms with E-state index in [9.17, 15) is 9.59 Å². The van der Waals surface area contributed by atoms with E-state index < -0.39 is 5.97 Å². The van der Waals surface area contributed by atoms with Gasteiger partial charge in [0.15, 0.2) is 5.11 Å². The molecule has 4 aliphatic carbocycles. The van der Waals surface area contributed by atoms with Crippen LogP contribution in [0.5, 0.6) is 0 Å². The molecule has 4 fully saturated rings. The molecule has 0 aromatic carbocycles. The third-order valence-corrected chi connectivity index (χ3v) is 9.49. The molecule has 4 aliphatic rings. The molecule has 4 saturated carbocycles. The zero-order valence-electron chi connectivity index (χ0n) is 20.5. The van der Waals surface area contributed by atoms with Crippen LogP contribution in [0.1, 0.15) is 83.9 Å². The molecule has 0 spiro atoms. The maximum Gasteiger partial charge on any atom is 0.341 e. The number of rotatable bonds is 7. The predicted octanol–water partition coefficient (Wildman–Crippen LogP) is 5.22. The highest BCUT2D eigenvalue weighted by Crippen LogP contribution is 2.61. The number of amides is 1. The van der Waals surface area contributed by atoms with Crippen LogP contribution in [-0.2, 0) is 4.74 Å². The van der Waals surface area contributed by atoms with Crippen LogP contribution in [0.25, 0.3) is 0 Å². The van der Waals surface area contributed by atoms with Crippen LogP contribution >= 0.6 is 23.6 Å². The molecular weight excluding hydrogens is 454 g/mol. The van der Waals surface area contributed by atoms with Crippen LogP contribution in [0, 0.1) is 30.1 Å². The van der Waals surface area contributed by atoms with Gasteiger partial charge in [0, 0.05) is 20.1 Å². The summed E-state index contributed by atoms with van der Waals surface area (Å²) in [6.07, 6.45) is 10.4. The second kappa shape index (κ2) is 9.53. The maximum absolute atomic E-state index is 12.7. The summed E-state index contributed by atoms with van der Waals surface area (Å²) in [7, 11) is 4.77. The maximum atomic E-state index is 12.7. The Morgan fingerprint density at radius 2 is 1.76 bits per heavy atom. The number of esters is 1. The number of hydrogen-bond donors (Lipinski definition) is 2. The normalized spacial score (nSPS) is 28.3. The first-order chi connectivity index (χ1) is 15.7. The number of carbonyl (C=O) groups excluding carboxylic acids is 2. The van der Waals surface area contributed by atoms with Crippen molar-refractivity contribution in [1.82, 2.24) is 10.2 Å². The fourth-order valence-corrected chi connectivity index (χ4v) is 8.61. The minimum absolute atomic E-state index is 0.132. The first-order valence-corrected chi connectivity index (χ1v) is 13.4. The summed E-state index contributed by atoms with van der Waals surface area (Å²) in [5.41, 5.74) is 1.35. The Labute approximate surface area is 206 Å². The lowest BCUT2D eigenvalue weighted by Gasteiger charge is -2.59. The Morgan fingerprint density at radius 3 is 2.24 bits per heavy atom. The van der Waals surface area contributed by atoms with Crippen molar-refractivity contribution >= 4 is 45.5 Å². The lowest BCUT2D eigenvalue weighted by molar-refractivity contribution is -0.0718. The fourth-order valence-electron chi connectivity index (χ4n) is 7.08. The number of methoxy groups -OCH3 is 1. The number of carbonyl (C=O) groups is 2. The molecule has 0 radical (unpaired) electrons. The Balaban J connectivity index is 1.55. The number of nitrogens with one attached hydrogen (secondary N) is 2. The minimum Gasteiger partial charge on any atom is -0.465 e. The molecule has 1 unspecified atom stereocenters. The zero-order chi connectivity index (χ0) is 23.9. The van der Waals surface area contributed by atoms with Gasteiger partial charge in [0.05, 0.1) is 17.6 Å². The Bertz CT molecular complexity index is 904. The van der Waals surface area contributed by atoms with Crippen molar-refractivity contribution in [2.24, 2.45) is 23.2 Å². The van der Waals surface area contributed by atoms with Crippen LogP contribution < -0.4 is 10.6 Å². The van der Waals surface area contributed by atoms with E-state index >= 15 is 0 Å². The molecule has 182 valence electrons. The Hall–Kier alpha value is -1.67. The summed E-state index contributed by atoms with van der Waals surface area (Å²) in [6, 6.07) is 0.335. The monoisotopic (exact) mass is 491 g/mol. The molecule has 0 saturated heterocycles. The number of thiophene rings is 1. The van der Waals surface area contributed by atoms with E-state index in [-0.39, 0.29) is 5.91 Å². The van der Waals surface area contributed by atoms with Crippen molar-refractivity contribution in [2.45, 2.75) is 71.3 Å². The summed E-state index contributed by atoms with van der Waals surface area (Å²) in [5.74, 6) is 2.04. The van der Waals surface area contributed by atoms with Crippen LogP contribution in [0.4, 0.5) is 5.00 Å². The summed E-state index contributed by atoms with van der Waals surface area (Å²) in [6.45, 7) is 4.03. The first-order valence-electron chi connectivity index (χ1n) is 12.2. The van der Waals surface area contributed by atoms with Crippen molar-refractivity contribution in [2.75, 3.05) is 26.5 Å². The molecule has 1 aromatic rings. The second-order valence-corrected chi connectivity index (χ2v) is 12.1. The molecule has 6 nitrogen and oxygen atoms in total. The fraction of sp³-hybridized carbons (Fsp3) is 0.720. The van der Waals surface area contributed by atoms with Gasteiger partial charge in [-0.3, -0.25) is 4.79 Å².